The third-order valence-electron chi connectivity index (χ3n) is 3.88. The number of rotatable bonds is 4. The fourth-order valence-corrected chi connectivity index (χ4v) is 3.09. The second kappa shape index (κ2) is 5.51. The summed E-state index contributed by atoms with van der Waals surface area (Å²) in [4.78, 5) is -0.415. The van der Waals surface area contributed by atoms with Crippen LogP contribution in [0.25, 0.3) is 0 Å². The largest absolute Gasteiger partial charge is 0.503 e. The number of aromatic nitrogens is 1. The molecule has 0 amide bonds. The zero-order chi connectivity index (χ0) is 17.7. The summed E-state index contributed by atoms with van der Waals surface area (Å²) in [5.41, 5.74) is -1.24. The van der Waals surface area contributed by atoms with Gasteiger partial charge >= 0.3 is 6.18 Å². The van der Waals surface area contributed by atoms with E-state index >= 15 is 0 Å². The van der Waals surface area contributed by atoms with Gasteiger partial charge in [0.05, 0.1) is 10.5 Å². The molecule has 0 bridgehead atoms. The number of alkyl halides is 3. The minimum absolute atomic E-state index is 0.00880. The van der Waals surface area contributed by atoms with Crippen molar-refractivity contribution in [3.8, 4) is 5.75 Å². The summed E-state index contributed by atoms with van der Waals surface area (Å²) in [6, 6.07) is 2.80. The first-order valence-electron chi connectivity index (χ1n) is 7.15. The van der Waals surface area contributed by atoms with Crippen LogP contribution >= 0.6 is 0 Å². The molecule has 0 atom stereocenters. The maximum Gasteiger partial charge on any atom is 0.416 e. The Morgan fingerprint density at radius 1 is 1.33 bits per heavy atom. The normalized spacial score (nSPS) is 15.7. The molecule has 0 radical (unpaired) electrons. The highest BCUT2D eigenvalue weighted by molar-refractivity contribution is 7.90. The van der Waals surface area contributed by atoms with E-state index < -0.39 is 26.5 Å². The summed E-state index contributed by atoms with van der Waals surface area (Å²) in [5, 5.41) is 13.7. The third kappa shape index (κ3) is 3.26. The molecule has 1 fully saturated rings. The van der Waals surface area contributed by atoms with Crippen molar-refractivity contribution in [2.45, 2.75) is 36.3 Å². The molecular weight excluding hydrogens is 347 g/mol. The van der Waals surface area contributed by atoms with Crippen LogP contribution < -0.4 is 0 Å². The number of hydrogen-bond donors (Lipinski definition) is 1. The van der Waals surface area contributed by atoms with Crippen molar-refractivity contribution in [1.82, 2.24) is 5.16 Å². The van der Waals surface area contributed by atoms with Gasteiger partial charge in [0.1, 0.15) is 5.69 Å². The first-order chi connectivity index (χ1) is 11.1. The molecule has 9 heteroatoms. The van der Waals surface area contributed by atoms with Gasteiger partial charge in [-0.25, -0.2) is 8.42 Å². The predicted octanol–water partition coefficient (Wildman–Crippen LogP) is 3.27. The lowest BCUT2D eigenvalue weighted by molar-refractivity contribution is -0.138. The molecule has 1 saturated carbocycles. The Morgan fingerprint density at radius 3 is 2.54 bits per heavy atom. The number of sulfone groups is 1. The van der Waals surface area contributed by atoms with Crippen molar-refractivity contribution in [3.05, 3.63) is 40.8 Å². The maximum atomic E-state index is 13.3. The summed E-state index contributed by atoms with van der Waals surface area (Å²) >= 11 is 0. The van der Waals surface area contributed by atoms with E-state index in [1.807, 2.05) is 0 Å². The van der Waals surface area contributed by atoms with Gasteiger partial charge in [-0.05, 0) is 30.5 Å². The van der Waals surface area contributed by atoms with E-state index in [2.05, 4.69) is 5.16 Å². The van der Waals surface area contributed by atoms with Crippen molar-refractivity contribution < 1.29 is 31.2 Å². The van der Waals surface area contributed by atoms with E-state index in [1.54, 1.807) is 0 Å². The van der Waals surface area contributed by atoms with Crippen LogP contribution in [0, 0.1) is 0 Å². The van der Waals surface area contributed by atoms with Gasteiger partial charge in [0, 0.05) is 18.6 Å². The Balaban J connectivity index is 2.01. The fourth-order valence-electron chi connectivity index (χ4n) is 2.45. The predicted molar refractivity (Wildman–Crippen MR) is 77.5 cm³/mol. The lowest BCUT2D eigenvalue weighted by Crippen LogP contribution is -2.11. The van der Waals surface area contributed by atoms with Gasteiger partial charge in [-0.1, -0.05) is 11.2 Å². The molecule has 1 aliphatic rings. The van der Waals surface area contributed by atoms with Crippen molar-refractivity contribution in [3.63, 3.8) is 0 Å². The molecular formula is C15H14F3NO4S. The summed E-state index contributed by atoms with van der Waals surface area (Å²) in [7, 11) is -3.77. The van der Waals surface area contributed by atoms with Gasteiger partial charge in [-0.2, -0.15) is 13.2 Å². The van der Waals surface area contributed by atoms with E-state index in [0.717, 1.165) is 31.2 Å². The van der Waals surface area contributed by atoms with Crippen molar-refractivity contribution in [2.24, 2.45) is 0 Å². The molecule has 3 rings (SSSR count). The summed E-state index contributed by atoms with van der Waals surface area (Å²) in [6.45, 7) is 0. The van der Waals surface area contributed by atoms with E-state index in [-0.39, 0.29) is 29.3 Å². The van der Waals surface area contributed by atoms with Crippen molar-refractivity contribution in [1.29, 1.82) is 0 Å². The van der Waals surface area contributed by atoms with Crippen LogP contribution in [0.4, 0.5) is 13.2 Å². The highest BCUT2D eigenvalue weighted by atomic mass is 32.2. The minimum Gasteiger partial charge on any atom is -0.503 e. The summed E-state index contributed by atoms with van der Waals surface area (Å²) < 4.78 is 67.8. The molecule has 130 valence electrons. The standard InChI is InChI=1S/C15H14F3NO4S/c1-24(21,22)10-5-4-9(11(7-10)15(16,17)18)6-12-13(20)14(23-19-12)8-2-3-8/h4-5,7-8,20H,2-3,6H2,1H3. The number of benzene rings is 1. The highest BCUT2D eigenvalue weighted by Crippen LogP contribution is 2.45. The molecule has 0 unspecified atom stereocenters. The van der Waals surface area contributed by atoms with E-state index in [4.69, 9.17) is 4.52 Å². The molecule has 1 aliphatic carbocycles. The van der Waals surface area contributed by atoms with Crippen LogP contribution in [0.1, 0.15) is 41.3 Å². The summed E-state index contributed by atoms with van der Waals surface area (Å²) in [6.07, 6.45) is -2.50. The van der Waals surface area contributed by atoms with E-state index in [1.165, 1.54) is 0 Å². The maximum absolute atomic E-state index is 13.3. The number of halogens is 3. The van der Waals surface area contributed by atoms with Crippen molar-refractivity contribution >= 4 is 9.84 Å². The van der Waals surface area contributed by atoms with E-state index in [0.29, 0.717) is 11.8 Å². The Bertz CT molecular complexity index is 883. The molecule has 1 heterocycles. The highest BCUT2D eigenvalue weighted by Gasteiger charge is 2.36. The van der Waals surface area contributed by atoms with Crippen LogP contribution in [0.5, 0.6) is 5.75 Å². The van der Waals surface area contributed by atoms with Gasteiger partial charge in [0.2, 0.25) is 0 Å². The molecule has 0 spiro atoms. The summed E-state index contributed by atoms with van der Waals surface area (Å²) in [5.74, 6) is 0.144. The molecule has 1 N–H and O–H groups in total. The smallest absolute Gasteiger partial charge is 0.416 e. The monoisotopic (exact) mass is 361 g/mol. The Morgan fingerprint density at radius 2 is 2.00 bits per heavy atom. The molecule has 1 aromatic carbocycles. The van der Waals surface area contributed by atoms with Gasteiger partial charge < -0.3 is 9.63 Å². The zero-order valence-corrected chi connectivity index (χ0v) is 13.4. The average Bonchev–Trinajstić information content (AvgIpc) is 3.23. The molecule has 2 aromatic rings. The van der Waals surface area contributed by atoms with E-state index in [9.17, 15) is 26.7 Å². The minimum atomic E-state index is -4.73. The molecule has 1 aromatic heterocycles. The van der Waals surface area contributed by atoms with Crippen LogP contribution in [0.2, 0.25) is 0 Å². The van der Waals surface area contributed by atoms with Crippen LogP contribution in [0.15, 0.2) is 27.6 Å². The second-order valence-corrected chi connectivity index (χ2v) is 7.90. The molecule has 0 aliphatic heterocycles. The van der Waals surface area contributed by atoms with Crippen LogP contribution in [0.3, 0.4) is 0 Å². The number of nitrogens with zero attached hydrogens (tertiary/aromatic N) is 1. The lowest BCUT2D eigenvalue weighted by atomic mass is 10.0. The SMILES string of the molecule is CS(=O)(=O)c1ccc(Cc2noc(C3CC3)c2O)c(C(F)(F)F)c1. The molecule has 0 saturated heterocycles. The lowest BCUT2D eigenvalue weighted by Gasteiger charge is -2.13. The van der Waals surface area contributed by atoms with Gasteiger partial charge in [-0.3, -0.25) is 0 Å². The fraction of sp³-hybridized carbons (Fsp3) is 0.400. The van der Waals surface area contributed by atoms with Gasteiger partial charge in [0.25, 0.3) is 0 Å². The zero-order valence-electron chi connectivity index (χ0n) is 12.6. The van der Waals surface area contributed by atoms with Gasteiger partial charge in [-0.15, -0.1) is 0 Å². The average molecular weight is 361 g/mol. The van der Waals surface area contributed by atoms with Crippen LogP contribution in [-0.2, 0) is 22.4 Å². The number of aromatic hydroxyl groups is 1. The first kappa shape index (κ1) is 16.8. The number of hydrogen-bond acceptors (Lipinski definition) is 5. The Kier molecular flexibility index (Phi) is 3.86. The third-order valence-corrected chi connectivity index (χ3v) is 4.99. The topological polar surface area (TPSA) is 80.4 Å². The quantitative estimate of drug-likeness (QED) is 0.904. The Labute approximate surface area is 136 Å². The first-order valence-corrected chi connectivity index (χ1v) is 9.04. The molecule has 5 nitrogen and oxygen atoms in total. The molecule has 24 heavy (non-hydrogen) atoms. The van der Waals surface area contributed by atoms with Crippen molar-refractivity contribution in [2.75, 3.05) is 6.26 Å². The Hall–Kier alpha value is -2.03. The van der Waals surface area contributed by atoms with Crippen LogP contribution in [-0.4, -0.2) is 24.9 Å². The second-order valence-electron chi connectivity index (χ2n) is 5.88. The van der Waals surface area contributed by atoms with Gasteiger partial charge in [0.15, 0.2) is 21.3 Å².